The van der Waals surface area contributed by atoms with Crippen LogP contribution in [0.1, 0.15) is 60.3 Å². The maximum absolute atomic E-state index is 14.4. The molecule has 0 aliphatic carbocycles. The molecule has 1 aromatic heterocycles. The largest absolute Gasteiger partial charge is 0.420 e. The van der Waals surface area contributed by atoms with Gasteiger partial charge in [0.1, 0.15) is 11.6 Å². The summed E-state index contributed by atoms with van der Waals surface area (Å²) in [5, 5.41) is 4.32. The van der Waals surface area contributed by atoms with Crippen LogP contribution in [-0.4, -0.2) is 39.1 Å². The van der Waals surface area contributed by atoms with Crippen LogP contribution in [0.25, 0.3) is 0 Å². The fourth-order valence-corrected chi connectivity index (χ4v) is 5.24. The second kappa shape index (κ2) is 9.29. The first-order valence-electron chi connectivity index (χ1n) is 11.9. The van der Waals surface area contributed by atoms with Crippen LogP contribution in [0, 0.1) is 17.6 Å². The van der Waals surface area contributed by atoms with E-state index in [0.717, 1.165) is 6.20 Å². The van der Waals surface area contributed by atoms with E-state index in [1.807, 2.05) is 0 Å². The highest BCUT2D eigenvalue weighted by Crippen LogP contribution is 2.46. The van der Waals surface area contributed by atoms with E-state index in [1.54, 1.807) is 43.0 Å². The first-order chi connectivity index (χ1) is 17.3. The fourth-order valence-electron chi connectivity index (χ4n) is 5.24. The molecule has 3 aromatic rings. The highest BCUT2D eigenvalue weighted by atomic mass is 19.1. The molecule has 2 aliphatic heterocycles. The predicted octanol–water partition coefficient (Wildman–Crippen LogP) is 4.07. The van der Waals surface area contributed by atoms with Crippen LogP contribution in [0.3, 0.4) is 0 Å². The summed E-state index contributed by atoms with van der Waals surface area (Å²) in [4.78, 5) is 40.4. The molecule has 36 heavy (non-hydrogen) atoms. The van der Waals surface area contributed by atoms with E-state index in [0.29, 0.717) is 30.5 Å². The average molecular weight is 494 g/mol. The van der Waals surface area contributed by atoms with Gasteiger partial charge in [-0.2, -0.15) is 5.10 Å². The SMILES string of the molecule is CC(C)C(=O)Oc1c2n(ncc1=O)[C@@H](C(c1cccc(F)c1)c1cccc(F)c1)[C@H]1CCCN1C2=O. The van der Waals surface area contributed by atoms with Gasteiger partial charge in [0.15, 0.2) is 5.69 Å². The van der Waals surface area contributed by atoms with E-state index in [-0.39, 0.29) is 17.5 Å². The minimum Gasteiger partial charge on any atom is -0.420 e. The summed E-state index contributed by atoms with van der Waals surface area (Å²) in [6, 6.07) is 11.1. The van der Waals surface area contributed by atoms with Crippen LogP contribution in [0.15, 0.2) is 59.5 Å². The maximum atomic E-state index is 14.4. The summed E-state index contributed by atoms with van der Waals surface area (Å²) in [6.07, 6.45) is 2.38. The van der Waals surface area contributed by atoms with Gasteiger partial charge in [-0.05, 0) is 48.2 Å². The van der Waals surface area contributed by atoms with Crippen LogP contribution in [-0.2, 0) is 4.79 Å². The Morgan fingerprint density at radius 1 is 1.06 bits per heavy atom. The third-order valence-electron chi connectivity index (χ3n) is 6.84. The highest BCUT2D eigenvalue weighted by Gasteiger charge is 2.48. The number of ether oxygens (including phenoxy) is 1. The molecule has 7 nitrogen and oxygen atoms in total. The molecule has 0 N–H and O–H groups in total. The number of nitrogens with zero attached hydrogens (tertiary/aromatic N) is 3. The van der Waals surface area contributed by atoms with Crippen molar-refractivity contribution in [1.29, 1.82) is 0 Å². The third kappa shape index (κ3) is 4.08. The predicted molar refractivity (Wildman–Crippen MR) is 127 cm³/mol. The Hall–Kier alpha value is -3.88. The number of benzene rings is 2. The van der Waals surface area contributed by atoms with Crippen LogP contribution in [0.2, 0.25) is 0 Å². The van der Waals surface area contributed by atoms with Crippen molar-refractivity contribution in [3.05, 3.63) is 93.4 Å². The zero-order chi connectivity index (χ0) is 25.6. The van der Waals surface area contributed by atoms with Gasteiger partial charge in [-0.1, -0.05) is 38.1 Å². The van der Waals surface area contributed by atoms with Crippen molar-refractivity contribution in [2.24, 2.45) is 5.92 Å². The third-order valence-corrected chi connectivity index (χ3v) is 6.84. The maximum Gasteiger partial charge on any atom is 0.313 e. The standard InChI is InChI=1S/C27H25F2N3O4/c1-15(2)27(35)36-25-21(33)14-30-32-23(20-10-5-11-31(20)26(34)24(25)32)22(16-6-3-8-18(28)12-16)17-7-4-9-19(29)13-17/h3-4,6-9,12-15,20,22-23H,5,10-11H2,1-2H3/t20-,23-/m1/s1. The number of hydrogen-bond acceptors (Lipinski definition) is 5. The van der Waals surface area contributed by atoms with Gasteiger partial charge in [0, 0.05) is 12.5 Å². The Kier molecular flexibility index (Phi) is 6.15. The lowest BCUT2D eigenvalue weighted by atomic mass is 9.80. The Morgan fingerprint density at radius 3 is 2.28 bits per heavy atom. The second-order valence-electron chi connectivity index (χ2n) is 9.49. The first kappa shape index (κ1) is 23.8. The molecule has 0 unspecified atom stereocenters. The van der Waals surface area contributed by atoms with Gasteiger partial charge >= 0.3 is 5.97 Å². The molecule has 1 fully saturated rings. The average Bonchev–Trinajstić information content (AvgIpc) is 3.33. The molecular formula is C27H25F2N3O4. The Morgan fingerprint density at radius 2 is 1.69 bits per heavy atom. The van der Waals surface area contributed by atoms with Crippen molar-refractivity contribution in [2.75, 3.05) is 6.54 Å². The molecule has 2 atom stereocenters. The normalized spacial score (nSPS) is 18.9. The number of esters is 1. The lowest BCUT2D eigenvalue weighted by molar-refractivity contribution is -0.137. The molecule has 3 heterocycles. The smallest absolute Gasteiger partial charge is 0.313 e. The number of hydrogen-bond donors (Lipinski definition) is 0. The Labute approximate surface area is 206 Å². The van der Waals surface area contributed by atoms with Crippen LogP contribution >= 0.6 is 0 Å². The zero-order valence-corrected chi connectivity index (χ0v) is 19.9. The summed E-state index contributed by atoms with van der Waals surface area (Å²) >= 11 is 0. The summed E-state index contributed by atoms with van der Waals surface area (Å²) < 4.78 is 35.6. The number of carbonyl (C=O) groups is 2. The molecule has 5 rings (SSSR count). The van der Waals surface area contributed by atoms with Crippen molar-refractivity contribution in [3.8, 4) is 5.75 Å². The van der Waals surface area contributed by atoms with Gasteiger partial charge < -0.3 is 9.64 Å². The summed E-state index contributed by atoms with van der Waals surface area (Å²) in [7, 11) is 0. The molecule has 2 aromatic carbocycles. The number of halogens is 2. The van der Waals surface area contributed by atoms with E-state index < -0.39 is 46.8 Å². The molecule has 1 amide bonds. The molecule has 1 saturated heterocycles. The van der Waals surface area contributed by atoms with Gasteiger partial charge in [0.25, 0.3) is 5.91 Å². The topological polar surface area (TPSA) is 81.5 Å². The van der Waals surface area contributed by atoms with E-state index in [4.69, 9.17) is 4.74 Å². The molecule has 9 heteroatoms. The van der Waals surface area contributed by atoms with Crippen molar-refractivity contribution in [1.82, 2.24) is 14.7 Å². The molecule has 2 aliphatic rings. The highest BCUT2D eigenvalue weighted by molar-refractivity contribution is 5.97. The van der Waals surface area contributed by atoms with Crippen molar-refractivity contribution < 1.29 is 23.1 Å². The van der Waals surface area contributed by atoms with E-state index in [9.17, 15) is 23.2 Å². The lowest BCUT2D eigenvalue weighted by Gasteiger charge is -2.42. The van der Waals surface area contributed by atoms with Gasteiger partial charge in [0.2, 0.25) is 11.2 Å². The molecule has 0 radical (unpaired) electrons. The Bertz CT molecular complexity index is 1360. The molecule has 186 valence electrons. The lowest BCUT2D eigenvalue weighted by Crippen LogP contribution is -2.51. The quantitative estimate of drug-likeness (QED) is 0.501. The number of carbonyl (C=O) groups excluding carboxylic acids is 2. The molecule has 0 saturated carbocycles. The minimum atomic E-state index is -0.687. The number of aromatic nitrogens is 2. The molecular weight excluding hydrogens is 468 g/mol. The number of rotatable bonds is 5. The number of amides is 1. The van der Waals surface area contributed by atoms with E-state index in [1.165, 1.54) is 28.9 Å². The monoisotopic (exact) mass is 493 g/mol. The first-order valence-corrected chi connectivity index (χ1v) is 11.9. The summed E-state index contributed by atoms with van der Waals surface area (Å²) in [5.41, 5.74) is 0.323. The van der Waals surface area contributed by atoms with Crippen molar-refractivity contribution >= 4 is 11.9 Å². The molecule has 0 bridgehead atoms. The van der Waals surface area contributed by atoms with Crippen LogP contribution < -0.4 is 10.2 Å². The van der Waals surface area contributed by atoms with Crippen molar-refractivity contribution in [3.63, 3.8) is 0 Å². The fraction of sp³-hybridized carbons (Fsp3) is 0.333. The van der Waals surface area contributed by atoms with Gasteiger partial charge in [-0.3, -0.25) is 14.4 Å². The van der Waals surface area contributed by atoms with Crippen molar-refractivity contribution in [2.45, 2.75) is 44.7 Å². The second-order valence-corrected chi connectivity index (χ2v) is 9.49. The minimum absolute atomic E-state index is 0.127. The molecule has 0 spiro atoms. The van der Waals surface area contributed by atoms with E-state index in [2.05, 4.69) is 5.10 Å². The van der Waals surface area contributed by atoms with E-state index >= 15 is 0 Å². The van der Waals surface area contributed by atoms with Gasteiger partial charge in [-0.25, -0.2) is 13.5 Å². The number of fused-ring (bicyclic) bond motifs is 2. The zero-order valence-electron chi connectivity index (χ0n) is 19.9. The van der Waals surface area contributed by atoms with Gasteiger partial charge in [-0.15, -0.1) is 0 Å². The Balaban J connectivity index is 1.77. The summed E-state index contributed by atoms with van der Waals surface area (Å²) in [6.45, 7) is 3.69. The summed E-state index contributed by atoms with van der Waals surface area (Å²) in [5.74, 6) is -3.53. The van der Waals surface area contributed by atoms with Crippen LogP contribution in [0.4, 0.5) is 8.78 Å². The van der Waals surface area contributed by atoms with Gasteiger partial charge in [0.05, 0.1) is 24.2 Å². The van der Waals surface area contributed by atoms with Crippen LogP contribution in [0.5, 0.6) is 5.75 Å².